The zero-order valence-corrected chi connectivity index (χ0v) is 14.8. The van der Waals surface area contributed by atoms with Gasteiger partial charge >= 0.3 is 0 Å². The number of likely N-dealkylation sites (tertiary alicyclic amines) is 1. The van der Waals surface area contributed by atoms with Crippen LogP contribution in [0.15, 0.2) is 24.3 Å². The quantitative estimate of drug-likeness (QED) is 0.622. The highest BCUT2D eigenvalue weighted by molar-refractivity contribution is 5.93. The van der Waals surface area contributed by atoms with Crippen molar-refractivity contribution >= 4 is 11.8 Å². The molecular formula is C19H19N5O3. The minimum Gasteiger partial charge on any atom is -0.369 e. The molecule has 0 aliphatic carbocycles. The number of fused-ring (bicyclic) bond motifs is 1. The van der Waals surface area contributed by atoms with Crippen LogP contribution in [0.1, 0.15) is 33.7 Å². The highest BCUT2D eigenvalue weighted by Gasteiger charge is 2.42. The van der Waals surface area contributed by atoms with Gasteiger partial charge in [0.15, 0.2) is 5.69 Å². The van der Waals surface area contributed by atoms with Crippen molar-refractivity contribution in [2.24, 2.45) is 5.73 Å². The van der Waals surface area contributed by atoms with Crippen LogP contribution in [-0.4, -0.2) is 50.8 Å². The van der Waals surface area contributed by atoms with Gasteiger partial charge < -0.3 is 21.1 Å². The van der Waals surface area contributed by atoms with Gasteiger partial charge in [-0.25, -0.2) is 4.68 Å². The van der Waals surface area contributed by atoms with Crippen LogP contribution in [0, 0.1) is 11.8 Å². The molecule has 0 saturated carbocycles. The van der Waals surface area contributed by atoms with Crippen LogP contribution < -0.4 is 11.1 Å². The van der Waals surface area contributed by atoms with Crippen LogP contribution in [0.5, 0.6) is 0 Å². The number of carbonyl (C=O) groups excluding carboxylic acids is 2. The van der Waals surface area contributed by atoms with Crippen molar-refractivity contribution in [2.45, 2.75) is 25.1 Å². The number of nitrogens with two attached hydrogens (primary N) is 1. The van der Waals surface area contributed by atoms with Crippen LogP contribution in [0.25, 0.3) is 5.69 Å². The van der Waals surface area contributed by atoms with E-state index in [0.717, 1.165) is 16.9 Å². The molecule has 4 N–H and O–H groups in total. The highest BCUT2D eigenvalue weighted by atomic mass is 16.3. The molecule has 1 aromatic carbocycles. The number of nitrogens with zero attached hydrogens (tertiary/aromatic N) is 3. The highest BCUT2D eigenvalue weighted by Crippen LogP contribution is 2.24. The maximum atomic E-state index is 12.0. The van der Waals surface area contributed by atoms with Crippen molar-refractivity contribution in [3.05, 3.63) is 46.8 Å². The Bertz CT molecular complexity index is 1020. The van der Waals surface area contributed by atoms with Crippen LogP contribution in [0.4, 0.5) is 0 Å². The van der Waals surface area contributed by atoms with E-state index in [0.29, 0.717) is 25.2 Å². The van der Waals surface area contributed by atoms with Gasteiger partial charge in [0.25, 0.3) is 11.8 Å². The number of aromatic nitrogens is 2. The third kappa shape index (κ3) is 2.87. The second-order valence-electron chi connectivity index (χ2n) is 6.79. The molecule has 3 heterocycles. The number of primary amides is 1. The summed E-state index contributed by atoms with van der Waals surface area (Å²) in [6.45, 7) is 1.62. The maximum absolute atomic E-state index is 12.0. The molecule has 8 heteroatoms. The minimum atomic E-state index is -1.64. The average Bonchev–Trinajstić information content (AvgIpc) is 3.32. The smallest absolute Gasteiger partial charge is 0.269 e. The lowest BCUT2D eigenvalue weighted by atomic mass is 10.0. The number of hydrogen-bond acceptors (Lipinski definition) is 5. The second-order valence-corrected chi connectivity index (χ2v) is 6.79. The van der Waals surface area contributed by atoms with Crippen LogP contribution >= 0.6 is 0 Å². The van der Waals surface area contributed by atoms with Crippen molar-refractivity contribution in [1.29, 1.82) is 0 Å². The first-order chi connectivity index (χ1) is 12.9. The number of aliphatic hydroxyl groups is 1. The van der Waals surface area contributed by atoms with Crippen LogP contribution in [0.3, 0.4) is 0 Å². The molecule has 27 heavy (non-hydrogen) atoms. The molecule has 2 aliphatic rings. The summed E-state index contributed by atoms with van der Waals surface area (Å²) in [5, 5.41) is 18.0. The average molecular weight is 365 g/mol. The molecule has 4 rings (SSSR count). The van der Waals surface area contributed by atoms with Crippen LogP contribution in [-0.2, 0) is 17.9 Å². The second kappa shape index (κ2) is 6.23. The summed E-state index contributed by atoms with van der Waals surface area (Å²) >= 11 is 0. The van der Waals surface area contributed by atoms with E-state index in [1.807, 2.05) is 12.1 Å². The normalized spacial score (nSPS) is 21.1. The van der Waals surface area contributed by atoms with Crippen molar-refractivity contribution < 1.29 is 14.7 Å². The lowest BCUT2D eigenvalue weighted by molar-refractivity contribution is -0.137. The Morgan fingerprint density at radius 3 is 2.93 bits per heavy atom. The molecule has 2 aromatic rings. The fourth-order valence-corrected chi connectivity index (χ4v) is 3.43. The summed E-state index contributed by atoms with van der Waals surface area (Å²) in [5.74, 6) is 4.66. The molecular weight excluding hydrogens is 346 g/mol. The summed E-state index contributed by atoms with van der Waals surface area (Å²) < 4.78 is 1.68. The molecule has 1 saturated heterocycles. The van der Waals surface area contributed by atoms with Crippen molar-refractivity contribution in [3.8, 4) is 17.5 Å². The van der Waals surface area contributed by atoms with Gasteiger partial charge in [0.05, 0.1) is 11.4 Å². The zero-order chi connectivity index (χ0) is 19.2. The summed E-state index contributed by atoms with van der Waals surface area (Å²) in [5.41, 5.74) is 7.13. The van der Waals surface area contributed by atoms with Crippen molar-refractivity contribution in [3.63, 3.8) is 0 Å². The van der Waals surface area contributed by atoms with Crippen LogP contribution in [0.2, 0.25) is 0 Å². The third-order valence-corrected chi connectivity index (χ3v) is 4.93. The predicted molar refractivity (Wildman–Crippen MR) is 96.7 cm³/mol. The number of nitrogens with one attached hydrogen (secondary N) is 1. The van der Waals surface area contributed by atoms with E-state index in [2.05, 4.69) is 22.3 Å². The fraction of sp³-hybridized carbons (Fsp3) is 0.316. The van der Waals surface area contributed by atoms with E-state index in [4.69, 9.17) is 5.73 Å². The lowest BCUT2D eigenvalue weighted by Gasteiger charge is -2.13. The number of carbonyl (C=O) groups is 2. The molecule has 8 nitrogen and oxygen atoms in total. The molecule has 1 fully saturated rings. The summed E-state index contributed by atoms with van der Waals surface area (Å²) in [6.07, 6.45) is 0.287. The predicted octanol–water partition coefficient (Wildman–Crippen LogP) is -0.481. The molecule has 1 atom stereocenters. The third-order valence-electron chi connectivity index (χ3n) is 4.93. The van der Waals surface area contributed by atoms with E-state index < -0.39 is 11.5 Å². The van der Waals surface area contributed by atoms with Gasteiger partial charge in [0, 0.05) is 44.2 Å². The SMILES string of the molecule is CN1CC[C@@](O)(C#Cc2cccc(-n3nc(C(N)=O)c4c3CNC4)c2)C1=O. The summed E-state index contributed by atoms with van der Waals surface area (Å²) in [6, 6.07) is 7.26. The van der Waals surface area contributed by atoms with Gasteiger partial charge in [-0.3, -0.25) is 9.59 Å². The summed E-state index contributed by atoms with van der Waals surface area (Å²) in [4.78, 5) is 25.2. The first kappa shape index (κ1) is 17.3. The molecule has 1 aromatic heterocycles. The number of likely N-dealkylation sites (N-methyl/N-ethyl adjacent to an activating group) is 1. The van der Waals surface area contributed by atoms with E-state index in [1.54, 1.807) is 23.9 Å². The first-order valence-electron chi connectivity index (χ1n) is 8.62. The van der Waals surface area contributed by atoms with E-state index in [1.165, 1.54) is 4.90 Å². The van der Waals surface area contributed by atoms with Gasteiger partial charge in [-0.2, -0.15) is 5.10 Å². The standard InChI is InChI=1S/C19H19N5O3/c1-23-8-7-19(27,18(23)26)6-5-12-3-2-4-13(9-12)24-15-11-21-10-14(15)16(22-24)17(20)25/h2-4,9,21,27H,7-8,10-11H2,1H3,(H2,20,25)/t19-/m0/s1. The number of benzene rings is 1. The van der Waals surface area contributed by atoms with Gasteiger partial charge in [-0.05, 0) is 18.2 Å². The number of rotatable bonds is 2. The number of hydrogen-bond donors (Lipinski definition) is 3. The Labute approximate surface area is 155 Å². The lowest BCUT2D eigenvalue weighted by Crippen LogP contribution is -2.37. The van der Waals surface area contributed by atoms with Crippen molar-refractivity contribution in [2.75, 3.05) is 13.6 Å². The van der Waals surface area contributed by atoms with Gasteiger partial charge in [0.2, 0.25) is 5.60 Å². The molecule has 0 radical (unpaired) electrons. The molecule has 0 bridgehead atoms. The van der Waals surface area contributed by atoms with E-state index in [9.17, 15) is 14.7 Å². The van der Waals surface area contributed by atoms with Gasteiger partial charge in [0.1, 0.15) is 0 Å². The Hall–Kier alpha value is -3.15. The van der Waals surface area contributed by atoms with E-state index in [-0.39, 0.29) is 18.0 Å². The molecule has 2 amide bonds. The topological polar surface area (TPSA) is 113 Å². The number of amides is 2. The fourth-order valence-electron chi connectivity index (χ4n) is 3.43. The van der Waals surface area contributed by atoms with E-state index >= 15 is 0 Å². The Morgan fingerprint density at radius 2 is 2.22 bits per heavy atom. The summed E-state index contributed by atoms with van der Waals surface area (Å²) in [7, 11) is 1.64. The Kier molecular flexibility index (Phi) is 3.98. The Morgan fingerprint density at radius 1 is 1.41 bits per heavy atom. The molecule has 0 spiro atoms. The zero-order valence-electron chi connectivity index (χ0n) is 14.8. The first-order valence-corrected chi connectivity index (χ1v) is 8.62. The molecule has 138 valence electrons. The van der Waals surface area contributed by atoms with Gasteiger partial charge in [-0.15, -0.1) is 0 Å². The maximum Gasteiger partial charge on any atom is 0.269 e. The Balaban J connectivity index is 1.70. The monoisotopic (exact) mass is 365 g/mol. The molecule has 2 aliphatic heterocycles. The molecule has 0 unspecified atom stereocenters. The van der Waals surface area contributed by atoms with Gasteiger partial charge in [-0.1, -0.05) is 17.9 Å². The largest absolute Gasteiger partial charge is 0.369 e. The minimum absolute atomic E-state index is 0.264. The van der Waals surface area contributed by atoms with Crippen molar-refractivity contribution in [1.82, 2.24) is 20.0 Å².